The number of carbonyl (C=O) groups is 1. The Hall–Kier alpha value is -1.29. The van der Waals surface area contributed by atoms with Crippen molar-refractivity contribution in [2.45, 2.75) is 52.0 Å². The van der Waals surface area contributed by atoms with E-state index < -0.39 is 5.97 Å². The lowest BCUT2D eigenvalue weighted by Gasteiger charge is -2.16. The fourth-order valence-electron chi connectivity index (χ4n) is 1.90. The van der Waals surface area contributed by atoms with Crippen LogP contribution in [0, 0.1) is 0 Å². The van der Waals surface area contributed by atoms with Crippen molar-refractivity contribution in [3.05, 3.63) is 22.8 Å². The Bertz CT molecular complexity index is 424. The van der Waals surface area contributed by atoms with Crippen molar-refractivity contribution in [3.8, 4) is 0 Å². The number of nitrogens with one attached hydrogen (secondary N) is 1. The van der Waals surface area contributed by atoms with E-state index in [9.17, 15) is 4.79 Å². The van der Waals surface area contributed by atoms with Gasteiger partial charge >= 0.3 is 5.97 Å². The maximum absolute atomic E-state index is 11.1. The highest BCUT2D eigenvalue weighted by molar-refractivity contribution is 6.29. The average Bonchev–Trinajstić information content (AvgIpc) is 2.34. The fourth-order valence-corrected chi connectivity index (χ4v) is 2.05. The number of hydrogen-bond acceptors (Lipinski definition) is 3. The Morgan fingerprint density at radius 3 is 2.79 bits per heavy atom. The van der Waals surface area contributed by atoms with Gasteiger partial charge in [0.1, 0.15) is 16.5 Å². The van der Waals surface area contributed by atoms with Gasteiger partial charge in [0, 0.05) is 6.04 Å². The molecule has 0 saturated carbocycles. The fraction of sp³-hybridized carbons (Fsp3) is 0.571. The first-order valence-corrected chi connectivity index (χ1v) is 7.08. The predicted molar refractivity (Wildman–Crippen MR) is 78.1 cm³/mol. The number of rotatable bonds is 8. The molecule has 0 aliphatic rings. The van der Waals surface area contributed by atoms with Crippen molar-refractivity contribution < 1.29 is 9.90 Å². The van der Waals surface area contributed by atoms with Crippen LogP contribution in [-0.2, 0) is 0 Å². The SMILES string of the molecule is CCCCCCC(C)Nc1nc(Cl)ccc1C(=O)O. The molecule has 1 heterocycles. The van der Waals surface area contributed by atoms with Crippen LogP contribution in [0.1, 0.15) is 56.3 Å². The molecule has 19 heavy (non-hydrogen) atoms. The lowest BCUT2D eigenvalue weighted by atomic mass is 10.1. The number of pyridine rings is 1. The molecule has 5 heteroatoms. The minimum absolute atomic E-state index is 0.157. The van der Waals surface area contributed by atoms with Crippen molar-refractivity contribution >= 4 is 23.4 Å². The smallest absolute Gasteiger partial charge is 0.339 e. The summed E-state index contributed by atoms with van der Waals surface area (Å²) >= 11 is 5.81. The maximum atomic E-state index is 11.1. The zero-order valence-corrected chi connectivity index (χ0v) is 12.2. The molecule has 0 amide bonds. The number of nitrogens with zero attached hydrogens (tertiary/aromatic N) is 1. The number of carboxylic acids is 1. The van der Waals surface area contributed by atoms with Crippen LogP contribution in [0.3, 0.4) is 0 Å². The van der Waals surface area contributed by atoms with Crippen molar-refractivity contribution in [2.75, 3.05) is 5.32 Å². The summed E-state index contributed by atoms with van der Waals surface area (Å²) in [4.78, 5) is 15.1. The van der Waals surface area contributed by atoms with E-state index in [1.165, 1.54) is 31.4 Å². The first kappa shape index (κ1) is 15.8. The number of halogens is 1. The molecule has 4 nitrogen and oxygen atoms in total. The molecule has 1 atom stereocenters. The van der Waals surface area contributed by atoms with E-state index >= 15 is 0 Å². The molecule has 106 valence electrons. The molecule has 0 aliphatic heterocycles. The maximum Gasteiger partial charge on any atom is 0.339 e. The molecule has 0 aromatic carbocycles. The highest BCUT2D eigenvalue weighted by atomic mass is 35.5. The van der Waals surface area contributed by atoms with Crippen LogP contribution in [0.4, 0.5) is 5.82 Å². The standard InChI is InChI=1S/C14H21ClN2O2/c1-3-4-5-6-7-10(2)16-13-11(14(18)19)8-9-12(15)17-13/h8-10H,3-7H2,1-2H3,(H,16,17)(H,18,19). The molecule has 0 radical (unpaired) electrons. The number of carboxylic acid groups (broad SMARTS) is 1. The van der Waals surface area contributed by atoms with Crippen molar-refractivity contribution in [2.24, 2.45) is 0 Å². The number of aromatic nitrogens is 1. The van der Waals surface area contributed by atoms with Crippen LogP contribution < -0.4 is 5.32 Å². The summed E-state index contributed by atoms with van der Waals surface area (Å²) < 4.78 is 0. The molecule has 0 spiro atoms. The largest absolute Gasteiger partial charge is 0.478 e. The van der Waals surface area contributed by atoms with Crippen LogP contribution >= 0.6 is 11.6 Å². The second-order valence-electron chi connectivity index (χ2n) is 4.73. The second-order valence-corrected chi connectivity index (χ2v) is 5.12. The van der Waals surface area contributed by atoms with E-state index in [0.717, 1.165) is 12.8 Å². The Labute approximate surface area is 119 Å². The van der Waals surface area contributed by atoms with E-state index in [1.807, 2.05) is 6.92 Å². The third-order valence-corrected chi connectivity index (χ3v) is 3.18. The second kappa shape index (κ2) is 8.00. The highest BCUT2D eigenvalue weighted by Crippen LogP contribution is 2.18. The van der Waals surface area contributed by atoms with Gasteiger partial charge < -0.3 is 10.4 Å². The Balaban J connectivity index is 2.60. The lowest BCUT2D eigenvalue weighted by Crippen LogP contribution is -2.18. The van der Waals surface area contributed by atoms with Gasteiger partial charge in [0.05, 0.1) is 0 Å². The summed E-state index contributed by atoms with van der Waals surface area (Å²) in [6, 6.07) is 3.15. The van der Waals surface area contributed by atoms with Crippen LogP contribution in [0.25, 0.3) is 0 Å². The highest BCUT2D eigenvalue weighted by Gasteiger charge is 2.13. The van der Waals surface area contributed by atoms with Crippen molar-refractivity contribution in [3.63, 3.8) is 0 Å². The number of unbranched alkanes of at least 4 members (excludes halogenated alkanes) is 3. The molecular weight excluding hydrogens is 264 g/mol. The molecule has 0 saturated heterocycles. The normalized spacial score (nSPS) is 12.2. The van der Waals surface area contributed by atoms with Gasteiger partial charge in [-0.2, -0.15) is 0 Å². The Morgan fingerprint density at radius 2 is 2.16 bits per heavy atom. The zero-order valence-electron chi connectivity index (χ0n) is 11.4. The number of hydrogen-bond donors (Lipinski definition) is 2. The van der Waals surface area contributed by atoms with Crippen LogP contribution in [0.2, 0.25) is 5.15 Å². The molecule has 1 unspecified atom stereocenters. The predicted octanol–water partition coefficient (Wildman–Crippen LogP) is 4.20. The molecule has 2 N–H and O–H groups in total. The first-order valence-electron chi connectivity index (χ1n) is 6.71. The third kappa shape index (κ3) is 5.47. The molecular formula is C14H21ClN2O2. The molecule has 1 aromatic heterocycles. The Kier molecular flexibility index (Phi) is 6.64. The van der Waals surface area contributed by atoms with Gasteiger partial charge in [-0.05, 0) is 25.5 Å². The summed E-state index contributed by atoms with van der Waals surface area (Å²) in [5.41, 5.74) is 0.157. The topological polar surface area (TPSA) is 62.2 Å². The zero-order chi connectivity index (χ0) is 14.3. The minimum Gasteiger partial charge on any atom is -0.478 e. The van der Waals surface area contributed by atoms with Gasteiger partial charge in [0.15, 0.2) is 0 Å². The van der Waals surface area contributed by atoms with Crippen molar-refractivity contribution in [1.29, 1.82) is 0 Å². The molecule has 0 aliphatic carbocycles. The van der Waals surface area contributed by atoms with E-state index in [1.54, 1.807) is 0 Å². The van der Waals surface area contributed by atoms with Crippen LogP contribution in [0.5, 0.6) is 0 Å². The minimum atomic E-state index is -0.996. The third-order valence-electron chi connectivity index (χ3n) is 2.97. The van der Waals surface area contributed by atoms with Gasteiger partial charge in [-0.1, -0.05) is 44.2 Å². The summed E-state index contributed by atoms with van der Waals surface area (Å²) in [5.74, 6) is -0.646. The molecule has 1 aromatic rings. The monoisotopic (exact) mass is 284 g/mol. The Morgan fingerprint density at radius 1 is 1.42 bits per heavy atom. The van der Waals surface area contributed by atoms with E-state index in [4.69, 9.17) is 16.7 Å². The lowest BCUT2D eigenvalue weighted by molar-refractivity contribution is 0.0697. The van der Waals surface area contributed by atoms with Gasteiger partial charge in [-0.15, -0.1) is 0 Å². The molecule has 0 fully saturated rings. The summed E-state index contributed by atoms with van der Waals surface area (Å²) in [6.07, 6.45) is 5.78. The van der Waals surface area contributed by atoms with Crippen LogP contribution in [0.15, 0.2) is 12.1 Å². The summed E-state index contributed by atoms with van der Waals surface area (Å²) in [6.45, 7) is 4.21. The van der Waals surface area contributed by atoms with Gasteiger partial charge in [-0.3, -0.25) is 0 Å². The number of anilines is 1. The van der Waals surface area contributed by atoms with Crippen molar-refractivity contribution in [1.82, 2.24) is 4.98 Å². The summed E-state index contributed by atoms with van der Waals surface area (Å²) in [5, 5.41) is 12.5. The van der Waals surface area contributed by atoms with E-state index in [-0.39, 0.29) is 11.6 Å². The number of aromatic carboxylic acids is 1. The van der Waals surface area contributed by atoms with Crippen LogP contribution in [-0.4, -0.2) is 22.1 Å². The summed E-state index contributed by atoms with van der Waals surface area (Å²) in [7, 11) is 0. The van der Waals surface area contributed by atoms with Gasteiger partial charge in [0.2, 0.25) is 0 Å². The van der Waals surface area contributed by atoms with Gasteiger partial charge in [-0.25, -0.2) is 9.78 Å². The first-order chi connectivity index (χ1) is 9.04. The van der Waals surface area contributed by atoms with E-state index in [2.05, 4.69) is 17.2 Å². The molecule has 0 bridgehead atoms. The molecule has 1 rings (SSSR count). The average molecular weight is 285 g/mol. The quantitative estimate of drug-likeness (QED) is 0.555. The van der Waals surface area contributed by atoms with E-state index in [0.29, 0.717) is 11.0 Å². The van der Waals surface area contributed by atoms with Gasteiger partial charge in [0.25, 0.3) is 0 Å².